The Hall–Kier alpha value is -2.48. The normalized spacial score (nSPS) is 13.6. The molecule has 4 heteroatoms. The van der Waals surface area contributed by atoms with Gasteiger partial charge < -0.3 is 14.9 Å². The molecule has 0 N–H and O–H groups in total. The minimum absolute atomic E-state index is 0. The zero-order chi connectivity index (χ0) is 34.6. The first-order valence-electron chi connectivity index (χ1n) is 17.4. The van der Waals surface area contributed by atoms with E-state index < -0.39 is 0 Å². The fourth-order valence-electron chi connectivity index (χ4n) is 6.98. The van der Waals surface area contributed by atoms with Crippen molar-refractivity contribution < 1.29 is 23.3 Å². The van der Waals surface area contributed by atoms with Gasteiger partial charge in [-0.05, 0) is 58.3 Å². The van der Waals surface area contributed by atoms with Crippen molar-refractivity contribution in [3.05, 3.63) is 158 Å². The number of hydrogen-bond acceptors (Lipinski definition) is 0. The Morgan fingerprint density at radius 3 is 1.67 bits per heavy atom. The van der Waals surface area contributed by atoms with Gasteiger partial charge in [-0.25, -0.2) is 0 Å². The van der Waals surface area contributed by atoms with Gasteiger partial charge in [0, 0.05) is 0 Å². The van der Waals surface area contributed by atoms with Crippen molar-refractivity contribution in [3.8, 4) is 22.3 Å². The van der Waals surface area contributed by atoms with E-state index in [9.17, 15) is 0 Å². The van der Waals surface area contributed by atoms with Crippen LogP contribution >= 0.6 is 24.8 Å². The number of rotatable bonds is 3. The minimum atomic E-state index is 0. The fourth-order valence-corrected chi connectivity index (χ4v) is 6.98. The van der Waals surface area contributed by atoms with Gasteiger partial charge in [-0.2, -0.15) is 12.1 Å². The van der Waals surface area contributed by atoms with E-state index in [1.807, 2.05) is 0 Å². The summed E-state index contributed by atoms with van der Waals surface area (Å²) in [5, 5.41) is 5.53. The van der Waals surface area contributed by atoms with Crippen molar-refractivity contribution in [1.82, 2.24) is 0 Å². The quantitative estimate of drug-likeness (QED) is 0.0947. The van der Waals surface area contributed by atoms with Crippen molar-refractivity contribution in [3.63, 3.8) is 0 Å². The standard InChI is InChI=1S/C25H27.C21H23.2CH3.2ClH.Si.Zr/c1-25(2,3)22-14-12-19(13-15-22)23-11-7-10-20-16-21(17-24(20)23)18-8-5-4-6-9-18;1-14-12-19-15(2)6-11-18(20(19)13-14)16-7-9-17(10-8-16)21(3,4)5;;;;;;/h4-5,7,10-18H,6,8-9H2,1-3H3;6-13H,1-5H3;2*1H3;2*1H;;/q4*-1;;;;. The van der Waals surface area contributed by atoms with Crippen LogP contribution in [-0.4, -0.2) is 6.88 Å². The molecule has 0 aliphatic heterocycles. The van der Waals surface area contributed by atoms with Crippen LogP contribution in [0.25, 0.3) is 43.8 Å². The molecule has 276 valence electrons. The number of hydrogen-bond donors (Lipinski definition) is 0. The third-order valence-electron chi connectivity index (χ3n) is 9.89. The summed E-state index contributed by atoms with van der Waals surface area (Å²) < 4.78 is 0. The second-order valence-corrected chi connectivity index (χ2v) is 15.5. The van der Waals surface area contributed by atoms with E-state index in [0.29, 0.717) is 5.92 Å². The average molecular weight is 825 g/mol. The molecule has 6 aromatic carbocycles. The van der Waals surface area contributed by atoms with Crippen LogP contribution < -0.4 is 0 Å². The van der Waals surface area contributed by atoms with E-state index in [4.69, 9.17) is 0 Å². The van der Waals surface area contributed by atoms with Crippen molar-refractivity contribution in [2.75, 3.05) is 0 Å². The van der Waals surface area contributed by atoms with Crippen LogP contribution in [0.5, 0.6) is 0 Å². The van der Waals surface area contributed by atoms with Crippen LogP contribution in [0.2, 0.25) is 0 Å². The van der Waals surface area contributed by atoms with Gasteiger partial charge in [0.25, 0.3) is 0 Å². The molecule has 0 nitrogen and oxygen atoms in total. The maximum atomic E-state index is 3.06. The van der Waals surface area contributed by atoms with E-state index in [-0.39, 0.29) is 50.5 Å². The Morgan fingerprint density at radius 2 is 1.17 bits per heavy atom. The summed E-state index contributed by atoms with van der Waals surface area (Å²) in [6.07, 6.45) is 8.35. The van der Waals surface area contributed by atoms with Gasteiger partial charge in [0.15, 0.2) is 0 Å². The Bertz CT molecular complexity index is 2010. The summed E-state index contributed by atoms with van der Waals surface area (Å²) in [7, 11) is 0. The van der Waals surface area contributed by atoms with Crippen LogP contribution in [0.15, 0.2) is 115 Å². The first-order valence-corrected chi connectivity index (χ1v) is 21.5. The van der Waals surface area contributed by atoms with Crippen LogP contribution in [0, 0.1) is 28.7 Å². The summed E-state index contributed by atoms with van der Waals surface area (Å²) in [4.78, 5) is 0. The molecular formula is C48H58Cl2SiZr-4. The first kappa shape index (κ1) is 47.5. The summed E-state index contributed by atoms with van der Waals surface area (Å²) in [5.74, 6) is 0.688. The molecule has 2 radical (unpaired) electrons. The summed E-state index contributed by atoms with van der Waals surface area (Å²) >= 11 is 1.36. The Labute approximate surface area is 345 Å². The topological polar surface area (TPSA) is 0 Å². The van der Waals surface area contributed by atoms with Gasteiger partial charge in [-0.1, -0.05) is 139 Å². The molecule has 52 heavy (non-hydrogen) atoms. The molecule has 0 bridgehead atoms. The summed E-state index contributed by atoms with van der Waals surface area (Å²) in [5.41, 5.74) is 12.7. The Kier molecular flexibility index (Phi) is 18.5. The zero-order valence-electron chi connectivity index (χ0n) is 33.0. The van der Waals surface area contributed by atoms with Gasteiger partial charge in [-0.3, -0.25) is 0 Å². The SMILES string of the molecule is CC(C)(C)c1ccc(-c2cccc3[cH-]c(C4CC=CCC4)cc23)cc1.Cc1cc2c(-c3ccc(C(C)(C)C)cc3)ccc(C)c2[cH-]1.Cl.Cl.[CH3-].[CH3-].[Si]=[Zr]. The van der Waals surface area contributed by atoms with Crippen LogP contribution in [-0.2, 0) is 34.2 Å². The third-order valence-corrected chi connectivity index (χ3v) is 9.89. The van der Waals surface area contributed by atoms with Crippen molar-refractivity contribution in [1.29, 1.82) is 0 Å². The maximum absolute atomic E-state index is 3.06. The Morgan fingerprint density at radius 1 is 0.635 bits per heavy atom. The molecule has 0 fully saturated rings. The van der Waals surface area contributed by atoms with E-state index in [1.54, 1.807) is 0 Å². The molecule has 0 spiro atoms. The van der Waals surface area contributed by atoms with Gasteiger partial charge in [0.1, 0.15) is 0 Å². The van der Waals surface area contributed by atoms with Crippen LogP contribution in [0.3, 0.4) is 0 Å². The number of allylic oxidation sites excluding steroid dienone is 2. The molecular weight excluding hydrogens is 767 g/mol. The van der Waals surface area contributed by atoms with Crippen LogP contribution in [0.1, 0.15) is 94.5 Å². The average Bonchev–Trinajstić information content (AvgIpc) is 3.70. The summed E-state index contributed by atoms with van der Waals surface area (Å²) in [6, 6.07) is 38.8. The molecule has 1 aliphatic rings. The molecule has 0 saturated heterocycles. The number of halogens is 2. The molecule has 1 unspecified atom stereocenters. The first-order chi connectivity index (χ1) is 22.9. The van der Waals surface area contributed by atoms with Gasteiger partial charge in [0.2, 0.25) is 0 Å². The molecule has 6 aromatic rings. The third kappa shape index (κ3) is 11.0. The monoisotopic (exact) mass is 822 g/mol. The second-order valence-electron chi connectivity index (χ2n) is 15.5. The second kappa shape index (κ2) is 20.3. The van der Waals surface area contributed by atoms with E-state index in [2.05, 4.69) is 178 Å². The van der Waals surface area contributed by atoms with Crippen molar-refractivity contribution in [2.24, 2.45) is 0 Å². The molecule has 0 amide bonds. The molecule has 1 aliphatic carbocycles. The number of benzene rings is 4. The fraction of sp³-hybridized carbons (Fsp3) is 0.292. The van der Waals surface area contributed by atoms with Gasteiger partial charge >= 0.3 is 30.2 Å². The van der Waals surface area contributed by atoms with Gasteiger partial charge in [-0.15, -0.1) is 93.4 Å². The molecule has 0 saturated carbocycles. The van der Waals surface area contributed by atoms with Crippen LogP contribution in [0.4, 0.5) is 0 Å². The molecule has 1 atom stereocenters. The van der Waals surface area contributed by atoms with E-state index >= 15 is 0 Å². The van der Waals surface area contributed by atoms with E-state index in [0.717, 1.165) is 0 Å². The molecule has 0 heterocycles. The van der Waals surface area contributed by atoms with E-state index in [1.165, 1.54) is 114 Å². The molecule has 7 rings (SSSR count). The predicted octanol–water partition coefficient (Wildman–Crippen LogP) is 14.8. The Balaban J connectivity index is 0.000000468. The van der Waals surface area contributed by atoms with Gasteiger partial charge in [0.05, 0.1) is 0 Å². The van der Waals surface area contributed by atoms with Crippen molar-refractivity contribution in [2.45, 2.75) is 91.4 Å². The van der Waals surface area contributed by atoms with Crippen molar-refractivity contribution >= 4 is 53.2 Å². The molecule has 0 aromatic heterocycles. The zero-order valence-corrected chi connectivity index (χ0v) is 38.1. The number of aryl methyl sites for hydroxylation is 2. The summed E-state index contributed by atoms with van der Waals surface area (Å²) in [6.45, 7) is 21.0. The number of fused-ring (bicyclic) bond motifs is 2. The predicted molar refractivity (Wildman–Crippen MR) is 236 cm³/mol.